The van der Waals surface area contributed by atoms with Gasteiger partial charge in [0.05, 0.1) is 11.6 Å². The normalized spacial score (nSPS) is 11.8. The summed E-state index contributed by atoms with van der Waals surface area (Å²) in [5, 5.41) is 8.66. The molecule has 1 nitrogen and oxygen atoms in total. The molecule has 0 fully saturated rings. The Bertz CT molecular complexity index is 354. The molecule has 0 bridgehead atoms. The van der Waals surface area contributed by atoms with Gasteiger partial charge in [0.25, 0.3) is 0 Å². The van der Waals surface area contributed by atoms with E-state index in [0.717, 1.165) is 12.0 Å². The molecule has 72 valence electrons. The first-order valence-electron chi connectivity index (χ1n) is 4.88. The fraction of sp³-hybridized carbons (Fsp3) is 0.308. The molecule has 1 rings (SSSR count). The molecule has 0 aromatic heterocycles. The van der Waals surface area contributed by atoms with Gasteiger partial charge in [0.2, 0.25) is 0 Å². The molecule has 0 aliphatic heterocycles. The van der Waals surface area contributed by atoms with E-state index in [2.05, 4.69) is 32.6 Å². The Labute approximate surface area is 85.7 Å². The Morgan fingerprint density at radius 2 is 2.00 bits per heavy atom. The van der Waals surface area contributed by atoms with Crippen molar-refractivity contribution < 1.29 is 0 Å². The second-order valence-electron chi connectivity index (χ2n) is 3.52. The van der Waals surface area contributed by atoms with Crippen LogP contribution in [0.15, 0.2) is 30.8 Å². The molecule has 1 unspecified atom stereocenters. The van der Waals surface area contributed by atoms with E-state index in [0.29, 0.717) is 11.5 Å². The van der Waals surface area contributed by atoms with E-state index in [1.165, 1.54) is 5.56 Å². The first-order valence-corrected chi connectivity index (χ1v) is 4.88. The maximum absolute atomic E-state index is 8.66. The van der Waals surface area contributed by atoms with Crippen LogP contribution < -0.4 is 0 Å². The molecule has 14 heavy (non-hydrogen) atoms. The van der Waals surface area contributed by atoms with Crippen LogP contribution >= 0.6 is 0 Å². The minimum absolute atomic E-state index is 0.528. The number of allylic oxidation sites excluding steroid dienone is 1. The fourth-order valence-corrected chi connectivity index (χ4v) is 1.31. The maximum Gasteiger partial charge on any atom is 0.0991 e. The van der Waals surface area contributed by atoms with E-state index < -0.39 is 0 Å². The van der Waals surface area contributed by atoms with Gasteiger partial charge in [0.1, 0.15) is 0 Å². The van der Waals surface area contributed by atoms with Gasteiger partial charge in [-0.15, -0.1) is 0 Å². The summed E-state index contributed by atoms with van der Waals surface area (Å²) < 4.78 is 0. The van der Waals surface area contributed by atoms with Crippen molar-refractivity contribution in [2.75, 3.05) is 0 Å². The summed E-state index contributed by atoms with van der Waals surface area (Å²) >= 11 is 0. The SMILES string of the molecule is C=C(C#N)c1ccc(C(C)CC)cc1. The summed E-state index contributed by atoms with van der Waals surface area (Å²) in [6, 6.07) is 10.1. The number of rotatable bonds is 3. The van der Waals surface area contributed by atoms with Crippen molar-refractivity contribution >= 4 is 5.57 Å². The van der Waals surface area contributed by atoms with E-state index in [9.17, 15) is 0 Å². The molecule has 1 aromatic rings. The van der Waals surface area contributed by atoms with Gasteiger partial charge in [-0.2, -0.15) is 5.26 Å². The van der Waals surface area contributed by atoms with Gasteiger partial charge in [0, 0.05) is 0 Å². The minimum Gasteiger partial charge on any atom is -0.192 e. The Balaban J connectivity index is 2.90. The highest BCUT2D eigenvalue weighted by Gasteiger charge is 2.03. The molecule has 1 aromatic carbocycles. The van der Waals surface area contributed by atoms with Crippen LogP contribution in [0.2, 0.25) is 0 Å². The van der Waals surface area contributed by atoms with Gasteiger partial charge in [-0.3, -0.25) is 0 Å². The lowest BCUT2D eigenvalue weighted by Gasteiger charge is -2.08. The number of nitriles is 1. The predicted molar refractivity (Wildman–Crippen MR) is 59.8 cm³/mol. The average molecular weight is 185 g/mol. The summed E-state index contributed by atoms with van der Waals surface area (Å²) in [5.74, 6) is 0.583. The Kier molecular flexibility index (Phi) is 3.48. The molecule has 0 spiro atoms. The summed E-state index contributed by atoms with van der Waals surface area (Å²) in [6.45, 7) is 8.05. The second-order valence-corrected chi connectivity index (χ2v) is 3.52. The molecule has 1 heteroatoms. The molecule has 0 saturated carbocycles. The lowest BCUT2D eigenvalue weighted by Crippen LogP contribution is -1.91. The molecule has 0 heterocycles. The van der Waals surface area contributed by atoms with Crippen molar-refractivity contribution in [2.45, 2.75) is 26.2 Å². The molecule has 1 atom stereocenters. The van der Waals surface area contributed by atoms with Gasteiger partial charge in [-0.25, -0.2) is 0 Å². The second kappa shape index (κ2) is 4.62. The third-order valence-corrected chi connectivity index (χ3v) is 2.58. The van der Waals surface area contributed by atoms with Gasteiger partial charge in [0.15, 0.2) is 0 Å². The van der Waals surface area contributed by atoms with Crippen molar-refractivity contribution in [1.29, 1.82) is 5.26 Å². The zero-order chi connectivity index (χ0) is 10.6. The van der Waals surface area contributed by atoms with E-state index in [4.69, 9.17) is 5.26 Å². The zero-order valence-electron chi connectivity index (χ0n) is 8.75. The van der Waals surface area contributed by atoms with Crippen LogP contribution in [0.25, 0.3) is 5.57 Å². The molecule has 0 amide bonds. The van der Waals surface area contributed by atoms with Gasteiger partial charge in [-0.1, -0.05) is 44.7 Å². The molecule has 0 radical (unpaired) electrons. The number of nitrogens with zero attached hydrogens (tertiary/aromatic N) is 1. The van der Waals surface area contributed by atoms with E-state index in [1.54, 1.807) is 0 Å². The summed E-state index contributed by atoms with van der Waals surface area (Å²) in [5.41, 5.74) is 2.77. The van der Waals surface area contributed by atoms with Crippen molar-refractivity contribution in [3.8, 4) is 6.07 Å². The number of hydrogen-bond donors (Lipinski definition) is 0. The lowest BCUT2D eigenvalue weighted by molar-refractivity contribution is 0.733. The smallest absolute Gasteiger partial charge is 0.0991 e. The van der Waals surface area contributed by atoms with Crippen molar-refractivity contribution in [2.24, 2.45) is 0 Å². The molecule has 0 N–H and O–H groups in total. The molecular weight excluding hydrogens is 170 g/mol. The van der Waals surface area contributed by atoms with Crippen LogP contribution in [0, 0.1) is 11.3 Å². The predicted octanol–water partition coefficient (Wildman–Crippen LogP) is 3.74. The van der Waals surface area contributed by atoms with Gasteiger partial charge >= 0.3 is 0 Å². The third-order valence-electron chi connectivity index (χ3n) is 2.58. The fourth-order valence-electron chi connectivity index (χ4n) is 1.31. The van der Waals surface area contributed by atoms with Crippen LogP contribution in [-0.2, 0) is 0 Å². The minimum atomic E-state index is 0.528. The highest BCUT2D eigenvalue weighted by atomic mass is 14.2. The molecular formula is C13H15N. The number of benzene rings is 1. The Morgan fingerprint density at radius 1 is 1.43 bits per heavy atom. The van der Waals surface area contributed by atoms with Crippen molar-refractivity contribution in [3.63, 3.8) is 0 Å². The topological polar surface area (TPSA) is 23.8 Å². The largest absolute Gasteiger partial charge is 0.192 e. The quantitative estimate of drug-likeness (QED) is 0.658. The average Bonchev–Trinajstić information content (AvgIpc) is 2.27. The van der Waals surface area contributed by atoms with Crippen molar-refractivity contribution in [1.82, 2.24) is 0 Å². The highest BCUT2D eigenvalue weighted by Crippen LogP contribution is 2.20. The van der Waals surface area contributed by atoms with E-state index in [1.807, 2.05) is 18.2 Å². The monoisotopic (exact) mass is 185 g/mol. The standard InChI is InChI=1S/C13H15N/c1-4-10(2)12-5-7-13(8-6-12)11(3)9-14/h5-8,10H,3-4H2,1-2H3. The first-order chi connectivity index (χ1) is 6.69. The molecule has 0 aliphatic carbocycles. The molecule has 0 aliphatic rings. The summed E-state index contributed by atoms with van der Waals surface area (Å²) in [4.78, 5) is 0. The van der Waals surface area contributed by atoms with Crippen LogP contribution in [0.5, 0.6) is 0 Å². The Morgan fingerprint density at radius 3 is 2.43 bits per heavy atom. The van der Waals surface area contributed by atoms with Crippen molar-refractivity contribution in [3.05, 3.63) is 42.0 Å². The Hall–Kier alpha value is -1.55. The first kappa shape index (κ1) is 10.5. The van der Waals surface area contributed by atoms with Crippen LogP contribution in [0.4, 0.5) is 0 Å². The third kappa shape index (κ3) is 2.23. The lowest BCUT2D eigenvalue weighted by atomic mass is 9.96. The van der Waals surface area contributed by atoms with Crippen LogP contribution in [0.3, 0.4) is 0 Å². The number of hydrogen-bond acceptors (Lipinski definition) is 1. The highest BCUT2D eigenvalue weighted by molar-refractivity contribution is 5.74. The summed E-state index contributed by atoms with van der Waals surface area (Å²) in [7, 11) is 0. The summed E-state index contributed by atoms with van der Waals surface area (Å²) in [6.07, 6.45) is 1.14. The van der Waals surface area contributed by atoms with Crippen LogP contribution in [-0.4, -0.2) is 0 Å². The zero-order valence-corrected chi connectivity index (χ0v) is 8.75. The van der Waals surface area contributed by atoms with Gasteiger partial charge in [-0.05, 0) is 23.5 Å². The van der Waals surface area contributed by atoms with Gasteiger partial charge < -0.3 is 0 Å². The van der Waals surface area contributed by atoms with E-state index >= 15 is 0 Å². The maximum atomic E-state index is 8.66. The van der Waals surface area contributed by atoms with Crippen LogP contribution in [0.1, 0.15) is 37.3 Å². The molecule has 0 saturated heterocycles. The van der Waals surface area contributed by atoms with E-state index in [-0.39, 0.29) is 0 Å².